The summed E-state index contributed by atoms with van der Waals surface area (Å²) in [6, 6.07) is 5.67. The summed E-state index contributed by atoms with van der Waals surface area (Å²) in [5.41, 5.74) is 0.903. The van der Waals surface area contributed by atoms with Gasteiger partial charge in [0.1, 0.15) is 5.75 Å². The van der Waals surface area contributed by atoms with E-state index in [-0.39, 0.29) is 0 Å². The Hall–Kier alpha value is -0.400. The van der Waals surface area contributed by atoms with Crippen LogP contribution >= 0.6 is 23.2 Å². The van der Waals surface area contributed by atoms with Crippen molar-refractivity contribution in [2.24, 2.45) is 5.92 Å². The van der Waals surface area contributed by atoms with Gasteiger partial charge < -0.3 is 4.74 Å². The van der Waals surface area contributed by atoms with Crippen molar-refractivity contribution in [3.63, 3.8) is 0 Å². The zero-order valence-corrected chi connectivity index (χ0v) is 10.0. The van der Waals surface area contributed by atoms with Gasteiger partial charge in [0.25, 0.3) is 0 Å². The van der Waals surface area contributed by atoms with Gasteiger partial charge in [0.15, 0.2) is 0 Å². The highest BCUT2D eigenvalue weighted by Gasteiger charge is 2.18. The molecule has 2 rings (SSSR count). The number of ether oxygens (including phenoxy) is 1. The third-order valence-electron chi connectivity index (χ3n) is 2.91. The van der Waals surface area contributed by atoms with Crippen molar-refractivity contribution in [3.8, 4) is 5.75 Å². The summed E-state index contributed by atoms with van der Waals surface area (Å²) in [6.45, 7) is 0.796. The summed E-state index contributed by atoms with van der Waals surface area (Å²) in [5, 5.41) is 0.691. The molecule has 15 heavy (non-hydrogen) atoms. The van der Waals surface area contributed by atoms with Crippen LogP contribution in [0.4, 0.5) is 0 Å². The lowest BCUT2D eigenvalue weighted by Crippen LogP contribution is -2.19. The molecule has 1 fully saturated rings. The smallest absolute Gasteiger partial charge is 0.125 e. The lowest BCUT2D eigenvalue weighted by Gasteiger charge is -2.25. The van der Waals surface area contributed by atoms with Crippen molar-refractivity contribution in [1.82, 2.24) is 0 Å². The number of rotatable bonds is 4. The Labute approximate surface area is 100 Å². The van der Waals surface area contributed by atoms with Crippen LogP contribution in [-0.2, 0) is 5.88 Å². The van der Waals surface area contributed by atoms with E-state index in [1.807, 2.05) is 18.2 Å². The van der Waals surface area contributed by atoms with E-state index in [1.54, 1.807) is 0 Å². The molecular formula is C12H14Cl2O. The van der Waals surface area contributed by atoms with Gasteiger partial charge in [-0.15, -0.1) is 11.6 Å². The fourth-order valence-electron chi connectivity index (χ4n) is 1.67. The number of hydrogen-bond acceptors (Lipinski definition) is 1. The van der Waals surface area contributed by atoms with E-state index in [0.29, 0.717) is 10.9 Å². The zero-order chi connectivity index (χ0) is 10.7. The number of alkyl halides is 1. The number of halogens is 2. The van der Waals surface area contributed by atoms with Crippen LogP contribution in [-0.4, -0.2) is 6.61 Å². The molecule has 3 heteroatoms. The molecule has 1 aromatic carbocycles. The van der Waals surface area contributed by atoms with Crippen molar-refractivity contribution < 1.29 is 4.74 Å². The minimum atomic E-state index is 0.402. The lowest BCUT2D eigenvalue weighted by atomic mass is 9.86. The Bertz CT molecular complexity index is 334. The molecule has 0 spiro atoms. The molecule has 1 aromatic rings. The second-order valence-corrected chi connectivity index (χ2v) is 4.63. The fraction of sp³-hybridized carbons (Fsp3) is 0.500. The quantitative estimate of drug-likeness (QED) is 0.720. The molecular weight excluding hydrogens is 231 g/mol. The van der Waals surface area contributed by atoms with E-state index in [1.165, 1.54) is 19.3 Å². The van der Waals surface area contributed by atoms with Crippen molar-refractivity contribution in [1.29, 1.82) is 0 Å². The number of benzene rings is 1. The first kappa shape index (κ1) is 11.1. The molecule has 0 bridgehead atoms. The second kappa shape index (κ2) is 5.09. The predicted octanol–water partition coefficient (Wildman–Crippen LogP) is 4.26. The summed E-state index contributed by atoms with van der Waals surface area (Å²) in [7, 11) is 0. The molecule has 0 aliphatic heterocycles. The van der Waals surface area contributed by atoms with Gasteiger partial charge in [-0.25, -0.2) is 0 Å². The molecule has 1 nitrogen and oxygen atoms in total. The Morgan fingerprint density at radius 3 is 2.73 bits per heavy atom. The van der Waals surface area contributed by atoms with E-state index in [0.717, 1.165) is 23.8 Å². The SMILES string of the molecule is ClCc1c(Cl)cccc1OCC1CCC1. The van der Waals surface area contributed by atoms with Gasteiger partial charge in [0.2, 0.25) is 0 Å². The average Bonchev–Trinajstić information content (AvgIpc) is 2.15. The van der Waals surface area contributed by atoms with Crippen LogP contribution < -0.4 is 4.74 Å². The molecule has 0 aromatic heterocycles. The van der Waals surface area contributed by atoms with Gasteiger partial charge in [-0.2, -0.15) is 0 Å². The maximum Gasteiger partial charge on any atom is 0.125 e. The molecule has 0 radical (unpaired) electrons. The maximum absolute atomic E-state index is 6.03. The van der Waals surface area contributed by atoms with Crippen LogP contribution in [0.2, 0.25) is 5.02 Å². The molecule has 1 saturated carbocycles. The zero-order valence-electron chi connectivity index (χ0n) is 8.51. The van der Waals surface area contributed by atoms with Crippen LogP contribution in [0, 0.1) is 5.92 Å². The monoisotopic (exact) mass is 244 g/mol. The second-order valence-electron chi connectivity index (χ2n) is 3.96. The fourth-order valence-corrected chi connectivity index (χ4v) is 2.25. The van der Waals surface area contributed by atoms with E-state index < -0.39 is 0 Å². The van der Waals surface area contributed by atoms with Crippen molar-refractivity contribution in [2.45, 2.75) is 25.1 Å². The first-order chi connectivity index (χ1) is 7.31. The molecule has 0 amide bonds. The standard InChI is InChI=1S/C12H14Cl2O/c13-7-10-11(14)5-2-6-12(10)15-8-9-3-1-4-9/h2,5-6,9H,1,3-4,7-8H2. The first-order valence-corrected chi connectivity index (χ1v) is 6.18. The predicted molar refractivity (Wildman–Crippen MR) is 63.8 cm³/mol. The number of hydrogen-bond donors (Lipinski definition) is 0. The summed E-state index contributed by atoms with van der Waals surface area (Å²) in [6.07, 6.45) is 3.92. The average molecular weight is 245 g/mol. The summed E-state index contributed by atoms with van der Waals surface area (Å²) >= 11 is 11.9. The van der Waals surface area contributed by atoms with Gasteiger partial charge in [0, 0.05) is 10.6 Å². The van der Waals surface area contributed by atoms with E-state index >= 15 is 0 Å². The third kappa shape index (κ3) is 2.59. The van der Waals surface area contributed by atoms with E-state index in [9.17, 15) is 0 Å². The Morgan fingerprint density at radius 2 is 2.13 bits per heavy atom. The Balaban J connectivity index is 2.02. The minimum absolute atomic E-state index is 0.402. The van der Waals surface area contributed by atoms with Gasteiger partial charge in [0.05, 0.1) is 12.5 Å². The highest BCUT2D eigenvalue weighted by atomic mass is 35.5. The lowest BCUT2D eigenvalue weighted by molar-refractivity contribution is 0.180. The normalized spacial score (nSPS) is 16.1. The van der Waals surface area contributed by atoms with Gasteiger partial charge in [-0.05, 0) is 30.9 Å². The van der Waals surface area contributed by atoms with Gasteiger partial charge in [-0.1, -0.05) is 24.1 Å². The van der Waals surface area contributed by atoms with Crippen molar-refractivity contribution >= 4 is 23.2 Å². The van der Waals surface area contributed by atoms with Crippen LogP contribution in [0.15, 0.2) is 18.2 Å². The third-order valence-corrected chi connectivity index (χ3v) is 3.53. The summed E-state index contributed by atoms with van der Waals surface area (Å²) < 4.78 is 5.74. The van der Waals surface area contributed by atoms with Crippen LogP contribution in [0.5, 0.6) is 5.75 Å². The Kier molecular flexibility index (Phi) is 3.76. The molecule has 1 aliphatic carbocycles. The highest BCUT2D eigenvalue weighted by Crippen LogP contribution is 2.31. The molecule has 82 valence electrons. The highest BCUT2D eigenvalue weighted by molar-refractivity contribution is 6.32. The molecule has 1 aliphatic rings. The van der Waals surface area contributed by atoms with E-state index in [4.69, 9.17) is 27.9 Å². The van der Waals surface area contributed by atoms with Gasteiger partial charge >= 0.3 is 0 Å². The molecule has 0 atom stereocenters. The summed E-state index contributed by atoms with van der Waals surface area (Å²) in [5.74, 6) is 1.97. The van der Waals surface area contributed by atoms with Crippen LogP contribution in [0.25, 0.3) is 0 Å². The molecule has 0 saturated heterocycles. The topological polar surface area (TPSA) is 9.23 Å². The maximum atomic E-state index is 6.03. The van der Waals surface area contributed by atoms with Crippen molar-refractivity contribution in [2.75, 3.05) is 6.61 Å². The van der Waals surface area contributed by atoms with Crippen molar-refractivity contribution in [3.05, 3.63) is 28.8 Å². The minimum Gasteiger partial charge on any atom is -0.493 e. The molecule has 0 N–H and O–H groups in total. The first-order valence-electron chi connectivity index (χ1n) is 5.27. The van der Waals surface area contributed by atoms with Gasteiger partial charge in [-0.3, -0.25) is 0 Å². The Morgan fingerprint density at radius 1 is 1.33 bits per heavy atom. The van der Waals surface area contributed by atoms with E-state index in [2.05, 4.69) is 0 Å². The molecule has 0 heterocycles. The molecule has 0 unspecified atom stereocenters. The van der Waals surface area contributed by atoms with Crippen LogP contribution in [0.1, 0.15) is 24.8 Å². The largest absolute Gasteiger partial charge is 0.493 e. The van der Waals surface area contributed by atoms with Crippen LogP contribution in [0.3, 0.4) is 0 Å². The summed E-state index contributed by atoms with van der Waals surface area (Å²) in [4.78, 5) is 0.